The molecule has 3 aromatic heterocycles. The highest BCUT2D eigenvalue weighted by atomic mass is 32.1. The SMILES string of the molecule is Cc1cc(C)nc(-n2nc(C)cc2NC(=O)COC(=O)c2cc3c(s2)-c2ccccc2OC3)n1. The van der Waals surface area contributed by atoms with E-state index in [0.717, 1.165) is 33.1 Å². The molecule has 0 fully saturated rings. The summed E-state index contributed by atoms with van der Waals surface area (Å²) in [5.74, 6) is 0.479. The van der Waals surface area contributed by atoms with Crippen molar-refractivity contribution in [2.45, 2.75) is 27.4 Å². The largest absolute Gasteiger partial charge is 0.488 e. The maximum absolute atomic E-state index is 12.6. The predicted octanol–water partition coefficient (Wildman–Crippen LogP) is 4.00. The summed E-state index contributed by atoms with van der Waals surface area (Å²) < 4.78 is 12.5. The Bertz CT molecular complexity index is 1400. The zero-order chi connectivity index (χ0) is 23.8. The fourth-order valence-corrected chi connectivity index (χ4v) is 4.82. The summed E-state index contributed by atoms with van der Waals surface area (Å²) in [5.41, 5.74) is 4.12. The van der Waals surface area contributed by atoms with E-state index < -0.39 is 18.5 Å². The number of para-hydroxylation sites is 1. The number of aryl methyl sites for hydroxylation is 3. The number of thiophene rings is 1. The van der Waals surface area contributed by atoms with Crippen molar-refractivity contribution in [3.05, 3.63) is 70.0 Å². The van der Waals surface area contributed by atoms with Crippen LogP contribution in [0.25, 0.3) is 16.4 Å². The van der Waals surface area contributed by atoms with Crippen molar-refractivity contribution in [1.82, 2.24) is 19.7 Å². The van der Waals surface area contributed by atoms with Crippen molar-refractivity contribution in [3.63, 3.8) is 0 Å². The molecule has 0 spiro atoms. The fourth-order valence-electron chi connectivity index (χ4n) is 3.72. The van der Waals surface area contributed by atoms with Gasteiger partial charge in [0.1, 0.15) is 23.1 Å². The second-order valence-corrected chi connectivity index (χ2v) is 8.96. The van der Waals surface area contributed by atoms with E-state index in [1.807, 2.05) is 44.2 Å². The van der Waals surface area contributed by atoms with E-state index in [0.29, 0.717) is 28.9 Å². The highest BCUT2D eigenvalue weighted by Crippen LogP contribution is 2.42. The molecule has 0 unspecified atom stereocenters. The van der Waals surface area contributed by atoms with Crippen molar-refractivity contribution >= 4 is 29.0 Å². The summed E-state index contributed by atoms with van der Waals surface area (Å²) in [4.78, 5) is 35.4. The predicted molar refractivity (Wildman–Crippen MR) is 126 cm³/mol. The van der Waals surface area contributed by atoms with Crippen LogP contribution in [0.4, 0.5) is 5.82 Å². The molecule has 0 bridgehead atoms. The Balaban J connectivity index is 1.27. The molecule has 9 nitrogen and oxygen atoms in total. The van der Waals surface area contributed by atoms with Crippen molar-refractivity contribution in [2.24, 2.45) is 0 Å². The summed E-state index contributed by atoms with van der Waals surface area (Å²) in [5, 5.41) is 7.10. The van der Waals surface area contributed by atoms with Crippen LogP contribution >= 0.6 is 11.3 Å². The Hall–Kier alpha value is -4.05. The lowest BCUT2D eigenvalue weighted by Crippen LogP contribution is -2.22. The molecule has 1 aromatic carbocycles. The smallest absolute Gasteiger partial charge is 0.348 e. The van der Waals surface area contributed by atoms with Gasteiger partial charge in [-0.1, -0.05) is 12.1 Å². The molecule has 5 rings (SSSR count). The van der Waals surface area contributed by atoms with E-state index in [2.05, 4.69) is 20.4 Å². The zero-order valence-electron chi connectivity index (χ0n) is 18.8. The first-order valence-corrected chi connectivity index (χ1v) is 11.4. The number of nitrogens with one attached hydrogen (secondary N) is 1. The molecule has 1 N–H and O–H groups in total. The lowest BCUT2D eigenvalue weighted by molar-refractivity contribution is -0.119. The normalized spacial score (nSPS) is 11.9. The van der Waals surface area contributed by atoms with Gasteiger partial charge in [-0.05, 0) is 45.0 Å². The lowest BCUT2D eigenvalue weighted by atomic mass is 10.1. The molecule has 172 valence electrons. The molecule has 1 amide bonds. The van der Waals surface area contributed by atoms with Gasteiger partial charge >= 0.3 is 5.97 Å². The number of hydrogen-bond donors (Lipinski definition) is 1. The van der Waals surface area contributed by atoms with Gasteiger partial charge in [0.15, 0.2) is 6.61 Å². The van der Waals surface area contributed by atoms with E-state index in [9.17, 15) is 9.59 Å². The van der Waals surface area contributed by atoms with E-state index in [1.54, 1.807) is 19.1 Å². The average molecular weight is 476 g/mol. The van der Waals surface area contributed by atoms with Crippen LogP contribution in [0.15, 0.2) is 42.5 Å². The lowest BCUT2D eigenvalue weighted by Gasteiger charge is -2.16. The minimum Gasteiger partial charge on any atom is -0.488 e. The van der Waals surface area contributed by atoms with Gasteiger partial charge in [-0.25, -0.2) is 14.8 Å². The second kappa shape index (κ2) is 8.71. The third-order valence-corrected chi connectivity index (χ3v) is 6.31. The monoisotopic (exact) mass is 475 g/mol. The van der Waals surface area contributed by atoms with Gasteiger partial charge in [0, 0.05) is 33.5 Å². The number of anilines is 1. The molecule has 1 aliphatic heterocycles. The van der Waals surface area contributed by atoms with Gasteiger partial charge in [-0.2, -0.15) is 9.78 Å². The molecule has 0 radical (unpaired) electrons. The van der Waals surface area contributed by atoms with E-state index in [-0.39, 0.29) is 0 Å². The Labute approximate surface area is 199 Å². The minimum absolute atomic E-state index is 0.351. The van der Waals surface area contributed by atoms with Crippen molar-refractivity contribution in [3.8, 4) is 22.1 Å². The molecule has 0 saturated heterocycles. The highest BCUT2D eigenvalue weighted by Gasteiger charge is 2.23. The number of rotatable bonds is 5. The summed E-state index contributed by atoms with van der Waals surface area (Å²) in [7, 11) is 0. The number of aromatic nitrogens is 4. The van der Waals surface area contributed by atoms with E-state index >= 15 is 0 Å². The fraction of sp³-hybridized carbons (Fsp3) is 0.208. The molecule has 0 saturated carbocycles. The summed E-state index contributed by atoms with van der Waals surface area (Å²) in [6, 6.07) is 13.0. The number of carbonyl (C=O) groups is 2. The van der Waals surface area contributed by atoms with Crippen LogP contribution in [0.2, 0.25) is 0 Å². The van der Waals surface area contributed by atoms with E-state index in [4.69, 9.17) is 9.47 Å². The maximum atomic E-state index is 12.6. The molecular weight excluding hydrogens is 454 g/mol. The first kappa shape index (κ1) is 21.8. The van der Waals surface area contributed by atoms with Crippen LogP contribution in [0.5, 0.6) is 5.75 Å². The first-order valence-electron chi connectivity index (χ1n) is 10.6. The molecule has 1 aliphatic rings. The maximum Gasteiger partial charge on any atom is 0.348 e. The van der Waals surface area contributed by atoms with Crippen LogP contribution in [-0.4, -0.2) is 38.2 Å². The number of esters is 1. The summed E-state index contributed by atoms with van der Waals surface area (Å²) >= 11 is 1.33. The number of carbonyl (C=O) groups excluding carboxylic acids is 2. The number of nitrogens with zero attached hydrogens (tertiary/aromatic N) is 4. The Morgan fingerprint density at radius 2 is 1.85 bits per heavy atom. The summed E-state index contributed by atoms with van der Waals surface area (Å²) in [6.45, 7) is 5.47. The van der Waals surface area contributed by atoms with Crippen LogP contribution in [0, 0.1) is 20.8 Å². The summed E-state index contributed by atoms with van der Waals surface area (Å²) in [6.07, 6.45) is 0. The van der Waals surface area contributed by atoms with Gasteiger partial charge in [-0.3, -0.25) is 4.79 Å². The van der Waals surface area contributed by atoms with Gasteiger partial charge < -0.3 is 14.8 Å². The minimum atomic E-state index is -0.561. The number of amides is 1. The zero-order valence-corrected chi connectivity index (χ0v) is 19.6. The average Bonchev–Trinajstić information content (AvgIpc) is 3.40. The molecule has 4 heterocycles. The second-order valence-electron chi connectivity index (χ2n) is 7.91. The molecular formula is C24H21N5O4S. The van der Waals surface area contributed by atoms with Crippen LogP contribution in [0.1, 0.15) is 32.3 Å². The van der Waals surface area contributed by atoms with Crippen molar-refractivity contribution in [1.29, 1.82) is 0 Å². The van der Waals surface area contributed by atoms with Crippen LogP contribution in [0.3, 0.4) is 0 Å². The van der Waals surface area contributed by atoms with Crippen LogP contribution in [-0.2, 0) is 16.1 Å². The number of fused-ring (bicyclic) bond motifs is 3. The Morgan fingerprint density at radius 1 is 1.09 bits per heavy atom. The number of ether oxygens (including phenoxy) is 2. The quantitative estimate of drug-likeness (QED) is 0.435. The Kier molecular flexibility index (Phi) is 5.58. The highest BCUT2D eigenvalue weighted by molar-refractivity contribution is 7.17. The van der Waals surface area contributed by atoms with Crippen molar-refractivity contribution in [2.75, 3.05) is 11.9 Å². The van der Waals surface area contributed by atoms with Gasteiger partial charge in [-0.15, -0.1) is 11.3 Å². The van der Waals surface area contributed by atoms with E-state index in [1.165, 1.54) is 16.0 Å². The molecule has 0 atom stereocenters. The Morgan fingerprint density at radius 3 is 2.65 bits per heavy atom. The molecule has 4 aromatic rings. The van der Waals surface area contributed by atoms with Crippen LogP contribution < -0.4 is 10.1 Å². The first-order chi connectivity index (χ1) is 16.4. The molecule has 34 heavy (non-hydrogen) atoms. The topological polar surface area (TPSA) is 108 Å². The number of benzene rings is 1. The third-order valence-electron chi connectivity index (χ3n) is 5.12. The third kappa shape index (κ3) is 4.27. The van der Waals surface area contributed by atoms with Gasteiger partial charge in [0.2, 0.25) is 0 Å². The standard InChI is InChI=1S/C24H21N5O4S/c1-13-8-14(2)26-24(25-13)29-20(9-15(3)28-29)27-21(30)12-33-23(31)19-10-16-11-32-18-7-5-4-6-17(18)22(16)34-19/h4-10H,11-12H2,1-3H3,(H,27,30). The molecule has 0 aliphatic carbocycles. The molecule has 10 heteroatoms. The van der Waals surface area contributed by atoms with Gasteiger partial charge in [0.05, 0.1) is 5.69 Å². The van der Waals surface area contributed by atoms with Gasteiger partial charge in [0.25, 0.3) is 11.9 Å². The number of hydrogen-bond acceptors (Lipinski definition) is 8. The van der Waals surface area contributed by atoms with Crippen molar-refractivity contribution < 1.29 is 19.1 Å².